The van der Waals surface area contributed by atoms with E-state index in [1.54, 1.807) is 11.9 Å². The minimum atomic E-state index is -1.02. The van der Waals surface area contributed by atoms with E-state index >= 15 is 0 Å². The summed E-state index contributed by atoms with van der Waals surface area (Å²) in [6.07, 6.45) is 1.30. The number of aromatic carboxylic acids is 1. The molecule has 0 saturated heterocycles. The highest BCUT2D eigenvalue weighted by Crippen LogP contribution is 2.29. The van der Waals surface area contributed by atoms with Gasteiger partial charge in [0.1, 0.15) is 16.5 Å². The number of hydrogen-bond donors (Lipinski definition) is 2. The van der Waals surface area contributed by atoms with E-state index in [-0.39, 0.29) is 16.8 Å². The molecule has 0 atom stereocenters. The Morgan fingerprint density at radius 1 is 1.56 bits per heavy atom. The number of carboxylic acids is 1. The Labute approximate surface area is 110 Å². The van der Waals surface area contributed by atoms with Crippen molar-refractivity contribution < 1.29 is 15.0 Å². The van der Waals surface area contributed by atoms with Gasteiger partial charge >= 0.3 is 5.97 Å². The number of aromatic nitrogens is 1. The molecule has 5 nitrogen and oxygen atoms in total. The van der Waals surface area contributed by atoms with Crippen molar-refractivity contribution in [3.8, 4) is 0 Å². The first-order valence-corrected chi connectivity index (χ1v) is 6.14. The van der Waals surface area contributed by atoms with E-state index in [4.69, 9.17) is 16.7 Å². The lowest BCUT2D eigenvalue weighted by molar-refractivity contribution is 0.0463. The molecular weight excluding hydrogens is 256 g/mol. The number of anilines is 1. The molecule has 18 heavy (non-hydrogen) atoms. The molecule has 1 aliphatic rings. The average Bonchev–Trinajstić information content (AvgIpc) is 2.26. The summed E-state index contributed by atoms with van der Waals surface area (Å²) in [6.45, 7) is 0.671. The maximum Gasteiger partial charge on any atom is 0.339 e. The largest absolute Gasteiger partial charge is 0.478 e. The first-order chi connectivity index (χ1) is 8.47. The van der Waals surface area contributed by atoms with Crippen LogP contribution >= 0.6 is 11.6 Å². The van der Waals surface area contributed by atoms with Gasteiger partial charge in [0.05, 0.1) is 6.10 Å². The van der Waals surface area contributed by atoms with E-state index in [0.29, 0.717) is 18.3 Å². The molecule has 0 aliphatic heterocycles. The Balaban J connectivity index is 2.15. The van der Waals surface area contributed by atoms with Crippen LogP contribution in [0.5, 0.6) is 0 Å². The maximum atomic E-state index is 11.1. The molecule has 1 aromatic heterocycles. The zero-order valence-corrected chi connectivity index (χ0v) is 10.8. The van der Waals surface area contributed by atoms with Crippen LogP contribution in [0.3, 0.4) is 0 Å². The number of aliphatic hydroxyl groups is 1. The third-order valence-corrected chi connectivity index (χ3v) is 3.39. The van der Waals surface area contributed by atoms with Crippen LogP contribution < -0.4 is 4.90 Å². The number of aliphatic hydroxyl groups excluding tert-OH is 1. The van der Waals surface area contributed by atoms with Gasteiger partial charge < -0.3 is 15.1 Å². The maximum absolute atomic E-state index is 11.1. The van der Waals surface area contributed by atoms with Crippen molar-refractivity contribution in [1.29, 1.82) is 0 Å². The van der Waals surface area contributed by atoms with Crippen molar-refractivity contribution in [2.45, 2.75) is 18.9 Å². The van der Waals surface area contributed by atoms with E-state index in [1.165, 1.54) is 12.1 Å². The van der Waals surface area contributed by atoms with Gasteiger partial charge in [0, 0.05) is 13.6 Å². The monoisotopic (exact) mass is 270 g/mol. The van der Waals surface area contributed by atoms with Gasteiger partial charge in [-0.1, -0.05) is 11.6 Å². The SMILES string of the molecule is CN(CC1CC(O)C1)c1nc(Cl)ccc1C(=O)O. The van der Waals surface area contributed by atoms with Crippen molar-refractivity contribution in [2.75, 3.05) is 18.5 Å². The Hall–Kier alpha value is -1.33. The molecular formula is C12H15ClN2O3. The number of pyridine rings is 1. The molecule has 1 fully saturated rings. The van der Waals surface area contributed by atoms with Crippen LogP contribution in [0, 0.1) is 5.92 Å². The number of halogens is 1. The predicted molar refractivity (Wildman–Crippen MR) is 68.2 cm³/mol. The van der Waals surface area contributed by atoms with E-state index < -0.39 is 5.97 Å². The van der Waals surface area contributed by atoms with Crippen LogP contribution in [0.25, 0.3) is 0 Å². The van der Waals surface area contributed by atoms with Crippen LogP contribution in [-0.2, 0) is 0 Å². The highest BCUT2D eigenvalue weighted by atomic mass is 35.5. The Kier molecular flexibility index (Phi) is 3.73. The van der Waals surface area contributed by atoms with E-state index in [2.05, 4.69) is 4.98 Å². The molecule has 1 aromatic rings. The van der Waals surface area contributed by atoms with Crippen LogP contribution in [0.4, 0.5) is 5.82 Å². The smallest absolute Gasteiger partial charge is 0.339 e. The minimum absolute atomic E-state index is 0.141. The van der Waals surface area contributed by atoms with Gasteiger partial charge in [0.2, 0.25) is 0 Å². The highest BCUT2D eigenvalue weighted by Gasteiger charge is 2.29. The number of carboxylic acid groups (broad SMARTS) is 1. The molecule has 1 aliphatic carbocycles. The van der Waals surface area contributed by atoms with Crippen LogP contribution in [0.2, 0.25) is 5.15 Å². The topological polar surface area (TPSA) is 73.7 Å². The fraction of sp³-hybridized carbons (Fsp3) is 0.500. The molecule has 0 unspecified atom stereocenters. The molecule has 2 rings (SSSR count). The number of carbonyl (C=O) groups is 1. The summed E-state index contributed by atoms with van der Waals surface area (Å²) in [6, 6.07) is 2.93. The fourth-order valence-electron chi connectivity index (χ4n) is 2.21. The minimum Gasteiger partial charge on any atom is -0.478 e. The standard InChI is InChI=1S/C12H15ClN2O3/c1-15(6-7-4-8(16)5-7)11-9(12(17)18)2-3-10(13)14-11/h2-3,7-8,16H,4-6H2,1H3,(H,17,18). The second-order valence-corrected chi connectivity index (χ2v) is 5.07. The quantitative estimate of drug-likeness (QED) is 0.814. The van der Waals surface area contributed by atoms with Crippen molar-refractivity contribution in [1.82, 2.24) is 4.98 Å². The first-order valence-electron chi connectivity index (χ1n) is 5.76. The second-order valence-electron chi connectivity index (χ2n) is 4.68. The van der Waals surface area contributed by atoms with Crippen LogP contribution in [-0.4, -0.2) is 40.9 Å². The lowest BCUT2D eigenvalue weighted by Gasteiger charge is -2.35. The Morgan fingerprint density at radius 3 is 2.78 bits per heavy atom. The zero-order chi connectivity index (χ0) is 13.3. The normalized spacial score (nSPS) is 22.4. The van der Waals surface area contributed by atoms with Gasteiger partial charge in [-0.05, 0) is 30.9 Å². The summed E-state index contributed by atoms with van der Waals surface area (Å²) in [5.41, 5.74) is 0.141. The van der Waals surface area contributed by atoms with E-state index in [0.717, 1.165) is 12.8 Å². The Morgan fingerprint density at radius 2 is 2.22 bits per heavy atom. The van der Waals surface area contributed by atoms with Crippen molar-refractivity contribution in [2.24, 2.45) is 5.92 Å². The van der Waals surface area contributed by atoms with Crippen molar-refractivity contribution in [3.05, 3.63) is 22.8 Å². The van der Waals surface area contributed by atoms with Crippen LogP contribution in [0.15, 0.2) is 12.1 Å². The lowest BCUT2D eigenvalue weighted by Crippen LogP contribution is -2.37. The summed E-state index contributed by atoms with van der Waals surface area (Å²) in [7, 11) is 1.79. The number of hydrogen-bond acceptors (Lipinski definition) is 4. The predicted octanol–water partition coefficient (Wildman–Crippen LogP) is 1.64. The van der Waals surface area contributed by atoms with Crippen LogP contribution in [0.1, 0.15) is 23.2 Å². The lowest BCUT2D eigenvalue weighted by atomic mass is 9.82. The first kappa shape index (κ1) is 13.1. The van der Waals surface area contributed by atoms with Gasteiger partial charge in [-0.3, -0.25) is 0 Å². The van der Waals surface area contributed by atoms with Gasteiger partial charge in [-0.15, -0.1) is 0 Å². The molecule has 0 amide bonds. The summed E-state index contributed by atoms with van der Waals surface area (Å²) in [4.78, 5) is 17.0. The zero-order valence-electron chi connectivity index (χ0n) is 10.0. The van der Waals surface area contributed by atoms with Gasteiger partial charge in [-0.2, -0.15) is 0 Å². The molecule has 6 heteroatoms. The summed E-state index contributed by atoms with van der Waals surface area (Å²) < 4.78 is 0. The molecule has 98 valence electrons. The van der Waals surface area contributed by atoms with Gasteiger partial charge in [0.25, 0.3) is 0 Å². The molecule has 2 N–H and O–H groups in total. The van der Waals surface area contributed by atoms with E-state index in [9.17, 15) is 9.90 Å². The third kappa shape index (κ3) is 2.73. The molecule has 0 bridgehead atoms. The summed E-state index contributed by atoms with van der Waals surface area (Å²) in [5, 5.41) is 18.6. The average molecular weight is 271 g/mol. The molecule has 1 heterocycles. The number of rotatable bonds is 4. The summed E-state index contributed by atoms with van der Waals surface area (Å²) >= 11 is 5.80. The molecule has 0 radical (unpaired) electrons. The highest BCUT2D eigenvalue weighted by molar-refractivity contribution is 6.29. The van der Waals surface area contributed by atoms with Crippen molar-refractivity contribution >= 4 is 23.4 Å². The van der Waals surface area contributed by atoms with Crippen molar-refractivity contribution in [3.63, 3.8) is 0 Å². The molecule has 0 spiro atoms. The van der Waals surface area contributed by atoms with E-state index in [1.807, 2.05) is 0 Å². The summed E-state index contributed by atoms with van der Waals surface area (Å²) in [5.74, 6) is -0.265. The molecule has 1 saturated carbocycles. The fourth-order valence-corrected chi connectivity index (χ4v) is 2.35. The number of nitrogens with zero attached hydrogens (tertiary/aromatic N) is 2. The van der Waals surface area contributed by atoms with Gasteiger partial charge in [0.15, 0.2) is 0 Å². The second kappa shape index (κ2) is 5.12. The van der Waals surface area contributed by atoms with Gasteiger partial charge in [-0.25, -0.2) is 9.78 Å². The third-order valence-electron chi connectivity index (χ3n) is 3.18. The Bertz CT molecular complexity index is 461. The molecule has 0 aromatic carbocycles.